The van der Waals surface area contributed by atoms with Gasteiger partial charge in [-0.3, -0.25) is 37.0 Å². The Morgan fingerprint density at radius 1 is 0.913 bits per heavy atom. The SMILES string of the molecule is CCC1[C@H]2COP(=O)(O)O[C@@H]3C(O)[C@H](n4cnc5c(N)ncnc54)O[C@@H]3COP(=O)(O)O[C@@H]1[C@H](n1cnc3c(=O)[nH]c(N)nc31)O2. The second-order valence-electron chi connectivity index (χ2n) is 10.7. The maximum atomic E-state index is 13.4. The number of nitrogen functional groups attached to an aromatic ring is 2. The Morgan fingerprint density at radius 2 is 1.54 bits per heavy atom. The molecular formula is C22H28N10O12P2. The van der Waals surface area contributed by atoms with Gasteiger partial charge in [0.1, 0.15) is 36.3 Å². The largest absolute Gasteiger partial charge is 0.472 e. The third-order valence-electron chi connectivity index (χ3n) is 7.98. The number of imidazole rings is 2. The summed E-state index contributed by atoms with van der Waals surface area (Å²) in [4.78, 5) is 56.6. The standard InChI is InChI=1S/C22H28N10O12P2/c1-2-8-9-3-39-46(37,38)44-15-10(42-20(13(15)33)31-6-27-11-16(23)25-5-26-17(11)31)4-40-45(35,36)43-14(8)21(41-9)32-7-28-12-18(32)29-22(24)30-19(12)34/h5-10,13-15,20-21,33H,2-4H2,1H3,(H,35,36)(H,37,38)(H2,23,25,26)(H3,24,29,30,34)/t8?,9-,10-,13?,14+,15+,20-,21-/m1/s1. The number of aromatic nitrogens is 8. The highest BCUT2D eigenvalue weighted by Crippen LogP contribution is 2.55. The number of fused-ring (bicyclic) bond motifs is 5. The molecule has 10 atom stereocenters. The Hall–Kier alpha value is -3.40. The van der Waals surface area contributed by atoms with E-state index in [1.54, 1.807) is 6.92 Å². The Bertz CT molecular complexity index is 1950. The fourth-order valence-corrected chi connectivity index (χ4v) is 7.82. The number of H-pyrrole nitrogens is 1. The van der Waals surface area contributed by atoms with Gasteiger partial charge in [-0.05, 0) is 6.42 Å². The van der Waals surface area contributed by atoms with Crippen LogP contribution < -0.4 is 17.0 Å². The molecule has 0 aliphatic carbocycles. The molecule has 4 unspecified atom stereocenters. The van der Waals surface area contributed by atoms with Crippen LogP contribution >= 0.6 is 15.6 Å². The van der Waals surface area contributed by atoms with Gasteiger partial charge >= 0.3 is 15.6 Å². The molecule has 3 saturated heterocycles. The zero-order chi connectivity index (χ0) is 32.5. The Labute approximate surface area is 256 Å². The van der Waals surface area contributed by atoms with Crippen molar-refractivity contribution in [1.29, 1.82) is 0 Å². The highest BCUT2D eigenvalue weighted by Gasteiger charge is 2.53. The molecule has 7 rings (SSSR count). The summed E-state index contributed by atoms with van der Waals surface area (Å²) in [6.07, 6.45) is -5.60. The van der Waals surface area contributed by atoms with Crippen LogP contribution in [0.15, 0.2) is 23.8 Å². The number of hydrogen-bond acceptors (Lipinski definition) is 17. The van der Waals surface area contributed by atoms with Crippen LogP contribution in [0.3, 0.4) is 0 Å². The summed E-state index contributed by atoms with van der Waals surface area (Å²) in [7, 11) is -9.93. The second-order valence-corrected chi connectivity index (χ2v) is 13.5. The monoisotopic (exact) mass is 686 g/mol. The first-order valence-electron chi connectivity index (χ1n) is 13.8. The zero-order valence-electron chi connectivity index (χ0n) is 23.7. The molecule has 3 aliphatic rings. The van der Waals surface area contributed by atoms with Gasteiger partial charge in [-0.2, -0.15) is 4.98 Å². The van der Waals surface area contributed by atoms with Crippen molar-refractivity contribution < 1.29 is 51.6 Å². The average Bonchev–Trinajstić information content (AvgIpc) is 3.75. The van der Waals surface area contributed by atoms with E-state index in [0.29, 0.717) is 0 Å². The van der Waals surface area contributed by atoms with Gasteiger partial charge < -0.3 is 35.8 Å². The van der Waals surface area contributed by atoms with Crippen LogP contribution in [-0.2, 0) is 36.7 Å². The minimum Gasteiger partial charge on any atom is -0.386 e. The molecule has 24 heteroatoms. The van der Waals surface area contributed by atoms with Gasteiger partial charge in [0.2, 0.25) is 5.95 Å². The maximum absolute atomic E-state index is 13.4. The van der Waals surface area contributed by atoms with E-state index in [-0.39, 0.29) is 40.5 Å². The number of nitrogens with two attached hydrogens (primary N) is 2. The lowest BCUT2D eigenvalue weighted by molar-refractivity contribution is -0.0671. The van der Waals surface area contributed by atoms with E-state index in [0.717, 1.165) is 0 Å². The highest BCUT2D eigenvalue weighted by molar-refractivity contribution is 7.47. The molecule has 0 amide bonds. The molecule has 46 heavy (non-hydrogen) atoms. The second kappa shape index (κ2) is 11.4. The molecule has 0 spiro atoms. The number of nitrogens with zero attached hydrogens (tertiary/aromatic N) is 7. The number of nitrogens with one attached hydrogen (secondary N) is 1. The van der Waals surface area contributed by atoms with E-state index in [1.165, 1.54) is 28.1 Å². The zero-order valence-corrected chi connectivity index (χ0v) is 25.5. The van der Waals surface area contributed by atoms with E-state index in [2.05, 4.69) is 29.9 Å². The first-order valence-corrected chi connectivity index (χ1v) is 16.8. The number of aromatic amines is 1. The normalized spacial score (nSPS) is 37.1. The van der Waals surface area contributed by atoms with Crippen LogP contribution in [0.4, 0.5) is 11.8 Å². The first kappa shape index (κ1) is 31.2. The Kier molecular flexibility index (Phi) is 7.73. The molecule has 3 fully saturated rings. The van der Waals surface area contributed by atoms with E-state index < -0.39 is 83.3 Å². The van der Waals surface area contributed by atoms with Crippen LogP contribution in [-0.4, -0.2) is 97.7 Å². The molecule has 0 radical (unpaired) electrons. The van der Waals surface area contributed by atoms with Crippen LogP contribution in [0.5, 0.6) is 0 Å². The van der Waals surface area contributed by atoms with Crippen molar-refractivity contribution >= 4 is 49.7 Å². The number of aliphatic hydroxyl groups excluding tert-OH is 1. The number of hydrogen-bond donors (Lipinski definition) is 6. The number of phosphoric ester groups is 2. The van der Waals surface area contributed by atoms with Crippen LogP contribution in [0.2, 0.25) is 0 Å². The van der Waals surface area contributed by atoms with Crippen LogP contribution in [0.1, 0.15) is 25.8 Å². The molecule has 248 valence electrons. The number of phosphoric acid groups is 2. The fourth-order valence-electron chi connectivity index (χ4n) is 5.90. The van der Waals surface area contributed by atoms with Gasteiger partial charge in [-0.15, -0.1) is 0 Å². The van der Waals surface area contributed by atoms with Crippen molar-refractivity contribution in [2.24, 2.45) is 5.92 Å². The van der Waals surface area contributed by atoms with E-state index in [4.69, 9.17) is 39.0 Å². The predicted octanol–water partition coefficient (Wildman–Crippen LogP) is -0.676. The number of anilines is 2. The third-order valence-corrected chi connectivity index (χ3v) is 9.95. The van der Waals surface area contributed by atoms with Crippen molar-refractivity contribution in [2.75, 3.05) is 24.7 Å². The van der Waals surface area contributed by atoms with Crippen molar-refractivity contribution in [1.82, 2.24) is 39.0 Å². The minimum atomic E-state index is -4.97. The van der Waals surface area contributed by atoms with Gasteiger partial charge in [0.05, 0.1) is 32.0 Å². The summed E-state index contributed by atoms with van der Waals surface area (Å²) in [5, 5.41) is 11.2. The Balaban J connectivity index is 1.22. The quantitative estimate of drug-likeness (QED) is 0.145. The molecule has 4 aromatic heterocycles. The number of aliphatic hydroxyl groups is 1. The summed E-state index contributed by atoms with van der Waals surface area (Å²) >= 11 is 0. The molecule has 2 bridgehead atoms. The molecule has 3 aliphatic heterocycles. The van der Waals surface area contributed by atoms with Crippen molar-refractivity contribution in [3.63, 3.8) is 0 Å². The Morgan fingerprint density at radius 3 is 2.26 bits per heavy atom. The number of ether oxygens (including phenoxy) is 2. The lowest BCUT2D eigenvalue weighted by atomic mass is 9.95. The van der Waals surface area contributed by atoms with E-state index >= 15 is 0 Å². The molecule has 7 heterocycles. The number of rotatable bonds is 3. The topological polar surface area (TPSA) is 309 Å². The molecule has 8 N–H and O–H groups in total. The molecular weight excluding hydrogens is 658 g/mol. The molecule has 0 saturated carbocycles. The summed E-state index contributed by atoms with van der Waals surface area (Å²) in [5.41, 5.74) is 11.2. The summed E-state index contributed by atoms with van der Waals surface area (Å²) in [6, 6.07) is 0. The van der Waals surface area contributed by atoms with Crippen molar-refractivity contribution in [2.45, 2.75) is 56.3 Å². The van der Waals surface area contributed by atoms with Gasteiger partial charge in [0, 0.05) is 5.92 Å². The smallest absolute Gasteiger partial charge is 0.386 e. The molecule has 22 nitrogen and oxygen atoms in total. The summed E-state index contributed by atoms with van der Waals surface area (Å²) in [6.45, 7) is 0.425. The predicted molar refractivity (Wildman–Crippen MR) is 151 cm³/mol. The van der Waals surface area contributed by atoms with Crippen molar-refractivity contribution in [3.05, 3.63) is 29.3 Å². The van der Waals surface area contributed by atoms with Gasteiger partial charge in [-0.1, -0.05) is 6.92 Å². The minimum absolute atomic E-state index is 0.0106. The lowest BCUT2D eigenvalue weighted by Gasteiger charge is -2.26. The fraction of sp³-hybridized carbons (Fsp3) is 0.545. The lowest BCUT2D eigenvalue weighted by Crippen LogP contribution is -2.36. The maximum Gasteiger partial charge on any atom is 0.472 e. The highest BCUT2D eigenvalue weighted by atomic mass is 31.2. The average molecular weight is 686 g/mol. The van der Waals surface area contributed by atoms with Crippen LogP contribution in [0, 0.1) is 5.92 Å². The molecule has 0 aromatic carbocycles. The summed E-state index contributed by atoms with van der Waals surface area (Å²) in [5.74, 6) is -0.883. The first-order chi connectivity index (χ1) is 21.9. The van der Waals surface area contributed by atoms with Gasteiger partial charge in [0.25, 0.3) is 5.56 Å². The summed E-state index contributed by atoms with van der Waals surface area (Å²) < 4.78 is 62.9. The van der Waals surface area contributed by atoms with Crippen molar-refractivity contribution in [3.8, 4) is 0 Å². The van der Waals surface area contributed by atoms with E-state index in [9.17, 15) is 28.8 Å². The molecule has 4 aromatic rings. The van der Waals surface area contributed by atoms with E-state index in [1.807, 2.05) is 0 Å². The van der Waals surface area contributed by atoms with Crippen LogP contribution in [0.25, 0.3) is 22.3 Å². The van der Waals surface area contributed by atoms with Gasteiger partial charge in [-0.25, -0.2) is 29.1 Å². The van der Waals surface area contributed by atoms with Gasteiger partial charge in [0.15, 0.2) is 35.1 Å². The third kappa shape index (κ3) is 5.40.